The molecule has 1 nitrogen and oxygen atoms in total. The molecular weight excluding hydrogens is 186 g/mol. The van der Waals surface area contributed by atoms with Crippen molar-refractivity contribution < 1.29 is 13.9 Å². The lowest BCUT2D eigenvalue weighted by molar-refractivity contribution is 0.0410. The number of benzene rings is 1. The van der Waals surface area contributed by atoms with Crippen molar-refractivity contribution in [2.75, 3.05) is 6.61 Å². The summed E-state index contributed by atoms with van der Waals surface area (Å²) in [6.07, 6.45) is -0.142. The van der Waals surface area contributed by atoms with Crippen LogP contribution in [0.1, 0.15) is 18.4 Å². The van der Waals surface area contributed by atoms with Crippen LogP contribution in [0.15, 0.2) is 24.3 Å². The normalized spacial score (nSPS) is 31.2. The van der Waals surface area contributed by atoms with Crippen molar-refractivity contribution in [1.29, 1.82) is 0 Å². The van der Waals surface area contributed by atoms with Crippen LogP contribution >= 0.6 is 0 Å². The highest BCUT2D eigenvalue weighted by Crippen LogP contribution is 2.44. The van der Waals surface area contributed by atoms with Crippen molar-refractivity contribution >= 4 is 0 Å². The van der Waals surface area contributed by atoms with Gasteiger partial charge in [-0.05, 0) is 30.5 Å². The molecule has 0 radical (unpaired) electrons. The molecule has 0 spiro atoms. The quantitative estimate of drug-likeness (QED) is 0.772. The van der Waals surface area contributed by atoms with E-state index in [2.05, 4.69) is 0 Å². The second-order valence-electron chi connectivity index (χ2n) is 3.95. The summed E-state index contributed by atoms with van der Waals surface area (Å²) in [4.78, 5) is 0. The molecule has 0 bridgehead atoms. The molecule has 3 heteroatoms. The predicted molar refractivity (Wildman–Crippen MR) is 49.3 cm³/mol. The topological polar surface area (TPSA) is 20.2 Å². The minimum Gasteiger partial charge on any atom is -0.395 e. The molecule has 0 aromatic heterocycles. The molecule has 76 valence electrons. The van der Waals surface area contributed by atoms with E-state index in [0.717, 1.165) is 5.56 Å². The molecule has 2 rings (SSSR count). The first-order valence-corrected chi connectivity index (χ1v) is 4.67. The number of hydrogen-bond acceptors (Lipinski definition) is 1. The largest absolute Gasteiger partial charge is 0.395 e. The summed E-state index contributed by atoms with van der Waals surface area (Å²) in [7, 11) is 0. The van der Waals surface area contributed by atoms with Gasteiger partial charge in [0.25, 0.3) is 0 Å². The monoisotopic (exact) mass is 198 g/mol. The number of rotatable bonds is 2. The van der Waals surface area contributed by atoms with Gasteiger partial charge in [-0.2, -0.15) is 0 Å². The first-order chi connectivity index (χ1) is 6.66. The molecule has 0 amide bonds. The summed E-state index contributed by atoms with van der Waals surface area (Å²) in [6.45, 7) is -0.0704. The minimum absolute atomic E-state index is 0.0704. The molecule has 1 aromatic carbocycles. The van der Waals surface area contributed by atoms with Gasteiger partial charge in [-0.3, -0.25) is 0 Å². The van der Waals surface area contributed by atoms with Crippen molar-refractivity contribution in [2.45, 2.75) is 24.4 Å². The fourth-order valence-corrected chi connectivity index (χ4v) is 2.05. The highest BCUT2D eigenvalue weighted by molar-refractivity contribution is 5.29. The average Bonchev–Trinajstić information content (AvgIpc) is 2.14. The van der Waals surface area contributed by atoms with E-state index in [1.807, 2.05) is 0 Å². The number of aliphatic hydroxyl groups excluding tert-OH is 1. The van der Waals surface area contributed by atoms with Gasteiger partial charge in [-0.25, -0.2) is 8.78 Å². The summed E-state index contributed by atoms with van der Waals surface area (Å²) < 4.78 is 25.4. The molecule has 1 fully saturated rings. The van der Waals surface area contributed by atoms with Gasteiger partial charge < -0.3 is 5.11 Å². The van der Waals surface area contributed by atoms with Crippen LogP contribution < -0.4 is 0 Å². The molecule has 0 unspecified atom stereocenters. The van der Waals surface area contributed by atoms with Crippen LogP contribution in [0, 0.1) is 5.82 Å². The summed E-state index contributed by atoms with van der Waals surface area (Å²) in [5.74, 6) is -0.307. The van der Waals surface area contributed by atoms with Crippen LogP contribution in [0.2, 0.25) is 0 Å². The van der Waals surface area contributed by atoms with Crippen molar-refractivity contribution in [2.24, 2.45) is 0 Å². The molecule has 0 saturated heterocycles. The van der Waals surface area contributed by atoms with E-state index in [-0.39, 0.29) is 12.4 Å². The number of aliphatic hydroxyl groups is 1. The van der Waals surface area contributed by atoms with E-state index in [4.69, 9.17) is 0 Å². The van der Waals surface area contributed by atoms with Gasteiger partial charge in [0.2, 0.25) is 0 Å². The molecule has 14 heavy (non-hydrogen) atoms. The first kappa shape index (κ1) is 9.59. The summed E-state index contributed by atoms with van der Waals surface area (Å²) in [6, 6.07) is 5.94. The third-order valence-electron chi connectivity index (χ3n) is 2.98. The van der Waals surface area contributed by atoms with Crippen LogP contribution in [0.3, 0.4) is 0 Å². The Morgan fingerprint density at radius 1 is 1.29 bits per heavy atom. The number of halogens is 2. The SMILES string of the molecule is OCC1(c2ccc(F)cc2)CC(F)C1. The highest BCUT2D eigenvalue weighted by atomic mass is 19.1. The van der Waals surface area contributed by atoms with E-state index >= 15 is 0 Å². The predicted octanol–water partition coefficient (Wildman–Crippen LogP) is 2.19. The highest BCUT2D eigenvalue weighted by Gasteiger charge is 2.45. The maximum Gasteiger partial charge on any atom is 0.123 e. The van der Waals surface area contributed by atoms with Gasteiger partial charge in [-0.15, -0.1) is 0 Å². The molecule has 0 aliphatic heterocycles. The van der Waals surface area contributed by atoms with Gasteiger partial charge in [0.05, 0.1) is 6.61 Å². The molecule has 1 aromatic rings. The van der Waals surface area contributed by atoms with E-state index in [0.29, 0.717) is 12.8 Å². The molecule has 1 N–H and O–H groups in total. The van der Waals surface area contributed by atoms with Crippen molar-refractivity contribution in [3.63, 3.8) is 0 Å². The molecule has 1 aliphatic carbocycles. The van der Waals surface area contributed by atoms with Gasteiger partial charge >= 0.3 is 0 Å². The lowest BCUT2D eigenvalue weighted by atomic mass is 9.64. The molecule has 0 atom stereocenters. The zero-order valence-corrected chi connectivity index (χ0v) is 7.71. The Morgan fingerprint density at radius 2 is 1.86 bits per heavy atom. The van der Waals surface area contributed by atoms with E-state index < -0.39 is 11.6 Å². The molecule has 1 aliphatic rings. The fourth-order valence-electron chi connectivity index (χ4n) is 2.05. The number of hydrogen-bond donors (Lipinski definition) is 1. The number of alkyl halides is 1. The maximum absolute atomic E-state index is 12.8. The van der Waals surface area contributed by atoms with Crippen LogP contribution in [0.25, 0.3) is 0 Å². The Hall–Kier alpha value is -0.960. The molecule has 0 heterocycles. The van der Waals surface area contributed by atoms with E-state index in [9.17, 15) is 13.9 Å². The van der Waals surface area contributed by atoms with Crippen LogP contribution in [-0.4, -0.2) is 17.9 Å². The van der Waals surface area contributed by atoms with Crippen LogP contribution in [0.5, 0.6) is 0 Å². The summed E-state index contributed by atoms with van der Waals surface area (Å²) in [5, 5.41) is 9.22. The Bertz CT molecular complexity index is 315. The average molecular weight is 198 g/mol. The zero-order chi connectivity index (χ0) is 10.2. The van der Waals surface area contributed by atoms with Crippen LogP contribution in [-0.2, 0) is 5.41 Å². The second kappa shape index (κ2) is 3.31. The van der Waals surface area contributed by atoms with Crippen molar-refractivity contribution in [3.8, 4) is 0 Å². The fraction of sp³-hybridized carbons (Fsp3) is 0.455. The first-order valence-electron chi connectivity index (χ1n) is 4.67. The zero-order valence-electron chi connectivity index (χ0n) is 7.71. The van der Waals surface area contributed by atoms with Crippen LogP contribution in [0.4, 0.5) is 8.78 Å². The third-order valence-corrected chi connectivity index (χ3v) is 2.98. The standard InChI is InChI=1S/C11H12F2O/c12-9-3-1-8(2-4-9)11(7-14)5-10(13)6-11/h1-4,10,14H,5-7H2. The lowest BCUT2D eigenvalue weighted by Gasteiger charge is -2.43. The van der Waals surface area contributed by atoms with Crippen molar-refractivity contribution in [3.05, 3.63) is 35.6 Å². The molecular formula is C11H12F2O. The minimum atomic E-state index is -0.827. The second-order valence-corrected chi connectivity index (χ2v) is 3.95. The van der Waals surface area contributed by atoms with Gasteiger partial charge in [0.1, 0.15) is 12.0 Å². The van der Waals surface area contributed by atoms with Gasteiger partial charge in [0.15, 0.2) is 0 Å². The summed E-state index contributed by atoms with van der Waals surface area (Å²) >= 11 is 0. The van der Waals surface area contributed by atoms with E-state index in [1.165, 1.54) is 12.1 Å². The molecule has 1 saturated carbocycles. The maximum atomic E-state index is 12.8. The van der Waals surface area contributed by atoms with E-state index in [1.54, 1.807) is 12.1 Å². The lowest BCUT2D eigenvalue weighted by Crippen LogP contribution is -2.45. The summed E-state index contributed by atoms with van der Waals surface area (Å²) in [5.41, 5.74) is 0.364. The third kappa shape index (κ3) is 1.42. The van der Waals surface area contributed by atoms with Gasteiger partial charge in [-0.1, -0.05) is 12.1 Å². The van der Waals surface area contributed by atoms with Gasteiger partial charge in [0, 0.05) is 5.41 Å². The van der Waals surface area contributed by atoms with Crippen molar-refractivity contribution in [1.82, 2.24) is 0 Å². The Kier molecular flexibility index (Phi) is 2.27. The Balaban J connectivity index is 2.25. The smallest absolute Gasteiger partial charge is 0.123 e. The Labute approximate surface area is 81.4 Å². The Morgan fingerprint density at radius 3 is 2.29 bits per heavy atom.